The Labute approximate surface area is 157 Å². The van der Waals surface area contributed by atoms with Crippen LogP contribution in [-0.4, -0.2) is 13.2 Å². The van der Waals surface area contributed by atoms with E-state index in [0.717, 1.165) is 18.6 Å². The fourth-order valence-electron chi connectivity index (χ4n) is 4.53. The minimum absolute atomic E-state index is 0.405. The van der Waals surface area contributed by atoms with Crippen LogP contribution in [0.2, 0.25) is 0 Å². The van der Waals surface area contributed by atoms with Gasteiger partial charge in [-0.05, 0) is 84.7 Å². The van der Waals surface area contributed by atoms with E-state index in [-0.39, 0.29) is 0 Å². The van der Waals surface area contributed by atoms with Crippen LogP contribution in [0.25, 0.3) is 6.08 Å². The van der Waals surface area contributed by atoms with Crippen LogP contribution in [0, 0.1) is 5.92 Å². The third-order valence-corrected chi connectivity index (χ3v) is 6.10. The first-order valence-electron chi connectivity index (χ1n) is 9.91. The number of ether oxygens (including phenoxy) is 1. The van der Waals surface area contributed by atoms with Gasteiger partial charge in [0.05, 0.1) is 7.11 Å². The maximum atomic E-state index is 6.10. The summed E-state index contributed by atoms with van der Waals surface area (Å²) in [4.78, 5) is 0. The van der Waals surface area contributed by atoms with Gasteiger partial charge in [-0.25, -0.2) is 0 Å². The molecule has 136 valence electrons. The summed E-state index contributed by atoms with van der Waals surface area (Å²) < 4.78 is 5.31. The first-order chi connectivity index (χ1) is 12.7. The molecule has 0 aromatic heterocycles. The van der Waals surface area contributed by atoms with E-state index in [0.29, 0.717) is 17.9 Å². The van der Waals surface area contributed by atoms with Crippen molar-refractivity contribution in [3.63, 3.8) is 0 Å². The van der Waals surface area contributed by atoms with Gasteiger partial charge in [-0.1, -0.05) is 42.5 Å². The van der Waals surface area contributed by atoms with E-state index >= 15 is 0 Å². The largest absolute Gasteiger partial charge is 0.497 e. The van der Waals surface area contributed by atoms with Crippen LogP contribution in [0.4, 0.5) is 0 Å². The van der Waals surface area contributed by atoms with Crippen LogP contribution in [0.3, 0.4) is 0 Å². The minimum atomic E-state index is 0.405. The second-order valence-corrected chi connectivity index (χ2v) is 7.94. The highest BCUT2D eigenvalue weighted by molar-refractivity contribution is 5.52. The molecule has 2 heteroatoms. The average molecular weight is 348 g/mol. The number of hydrogen-bond acceptors (Lipinski definition) is 2. The van der Waals surface area contributed by atoms with Gasteiger partial charge >= 0.3 is 0 Å². The lowest BCUT2D eigenvalue weighted by Crippen LogP contribution is -2.15. The van der Waals surface area contributed by atoms with E-state index in [1.54, 1.807) is 12.7 Å². The number of fused-ring (bicyclic) bond motifs is 1. The number of methoxy groups -OCH3 is 1. The number of nitrogens with two attached hydrogens (primary N) is 1. The fraction of sp³-hybridized carbons (Fsp3) is 0.417. The lowest BCUT2D eigenvalue weighted by atomic mass is 9.81. The zero-order chi connectivity index (χ0) is 17.9. The number of allylic oxidation sites excluding steroid dienone is 1. The topological polar surface area (TPSA) is 35.2 Å². The number of hydrogen-bond donors (Lipinski definition) is 1. The van der Waals surface area contributed by atoms with Gasteiger partial charge in [0, 0.05) is 6.04 Å². The Kier molecular flexibility index (Phi) is 5.12. The lowest BCUT2D eigenvalue weighted by molar-refractivity contribution is 0.414. The molecule has 3 atom stereocenters. The van der Waals surface area contributed by atoms with Gasteiger partial charge in [-0.3, -0.25) is 0 Å². The van der Waals surface area contributed by atoms with E-state index in [9.17, 15) is 0 Å². The highest BCUT2D eigenvalue weighted by Crippen LogP contribution is 2.36. The van der Waals surface area contributed by atoms with Crippen molar-refractivity contribution in [2.45, 2.75) is 50.5 Å². The fourth-order valence-corrected chi connectivity index (χ4v) is 4.53. The molecule has 0 aliphatic heterocycles. The average Bonchev–Trinajstić information content (AvgIpc) is 3.12. The van der Waals surface area contributed by atoms with Crippen molar-refractivity contribution in [1.29, 1.82) is 0 Å². The molecule has 0 saturated heterocycles. The Bertz CT molecular complexity index is 795. The molecule has 0 spiro atoms. The highest BCUT2D eigenvalue weighted by atomic mass is 16.5. The van der Waals surface area contributed by atoms with E-state index in [1.165, 1.54) is 42.4 Å². The third kappa shape index (κ3) is 3.86. The zero-order valence-corrected chi connectivity index (χ0v) is 15.7. The maximum absolute atomic E-state index is 6.10. The molecule has 2 nitrogen and oxygen atoms in total. The highest BCUT2D eigenvalue weighted by Gasteiger charge is 2.24. The summed E-state index contributed by atoms with van der Waals surface area (Å²) in [6.07, 6.45) is 11.8. The van der Waals surface area contributed by atoms with Crippen LogP contribution in [0.1, 0.15) is 53.9 Å². The second kappa shape index (κ2) is 7.67. The smallest absolute Gasteiger partial charge is 0.119 e. The summed E-state index contributed by atoms with van der Waals surface area (Å²) in [6, 6.07) is 15.9. The van der Waals surface area contributed by atoms with Crippen molar-refractivity contribution in [3.8, 4) is 5.75 Å². The van der Waals surface area contributed by atoms with E-state index in [1.807, 2.05) is 12.1 Å². The first kappa shape index (κ1) is 17.4. The molecule has 2 aliphatic rings. The van der Waals surface area contributed by atoms with Gasteiger partial charge in [-0.15, -0.1) is 0 Å². The molecule has 0 bridgehead atoms. The van der Waals surface area contributed by atoms with Crippen molar-refractivity contribution in [2.75, 3.05) is 7.11 Å². The normalized spacial score (nSPS) is 25.4. The molecule has 2 aromatic carbocycles. The summed E-state index contributed by atoms with van der Waals surface area (Å²) in [5, 5.41) is 0. The molecule has 1 saturated carbocycles. The van der Waals surface area contributed by atoms with Crippen LogP contribution < -0.4 is 10.5 Å². The van der Waals surface area contributed by atoms with Crippen LogP contribution >= 0.6 is 0 Å². The Hall–Kier alpha value is -2.06. The van der Waals surface area contributed by atoms with Gasteiger partial charge in [0.25, 0.3) is 0 Å². The quantitative estimate of drug-likeness (QED) is 0.834. The molecule has 26 heavy (non-hydrogen) atoms. The lowest BCUT2D eigenvalue weighted by Gasteiger charge is -2.24. The molecule has 3 unspecified atom stereocenters. The molecule has 0 radical (unpaired) electrons. The molecular weight excluding hydrogens is 318 g/mol. The predicted molar refractivity (Wildman–Crippen MR) is 109 cm³/mol. The van der Waals surface area contributed by atoms with Crippen LogP contribution in [-0.2, 0) is 12.8 Å². The Morgan fingerprint density at radius 2 is 1.96 bits per heavy atom. The Balaban J connectivity index is 1.43. The van der Waals surface area contributed by atoms with Gasteiger partial charge < -0.3 is 10.5 Å². The van der Waals surface area contributed by atoms with Crippen molar-refractivity contribution < 1.29 is 4.74 Å². The maximum Gasteiger partial charge on any atom is 0.119 e. The second-order valence-electron chi connectivity index (χ2n) is 7.94. The van der Waals surface area contributed by atoms with Crippen molar-refractivity contribution >= 4 is 6.08 Å². The standard InChI is InChI=1S/C24H29NO/c1-26-24-4-2-3-17(14-24)5-6-18-7-8-20-15-21(10-9-19(20)13-18)22-11-12-23(25)16-22/h2-6,9-10,14-15,18,22-23H,7-8,11-13,16,25H2,1H3/b6-5+. The number of aryl methyl sites for hydroxylation is 1. The van der Waals surface area contributed by atoms with Gasteiger partial charge in [0.1, 0.15) is 5.75 Å². The molecule has 2 aliphatic carbocycles. The zero-order valence-electron chi connectivity index (χ0n) is 15.7. The van der Waals surface area contributed by atoms with Crippen molar-refractivity contribution in [2.24, 2.45) is 11.7 Å². The monoisotopic (exact) mass is 347 g/mol. The third-order valence-electron chi connectivity index (χ3n) is 6.10. The van der Waals surface area contributed by atoms with Crippen LogP contribution in [0.15, 0.2) is 48.5 Å². The first-order valence-corrected chi connectivity index (χ1v) is 9.91. The van der Waals surface area contributed by atoms with Gasteiger partial charge in [-0.2, -0.15) is 0 Å². The molecule has 2 aromatic rings. The van der Waals surface area contributed by atoms with Gasteiger partial charge in [0.15, 0.2) is 0 Å². The number of benzene rings is 2. The Morgan fingerprint density at radius 3 is 2.77 bits per heavy atom. The predicted octanol–water partition coefficient (Wildman–Crippen LogP) is 5.11. The van der Waals surface area contributed by atoms with E-state index in [4.69, 9.17) is 10.5 Å². The minimum Gasteiger partial charge on any atom is -0.497 e. The van der Waals surface area contributed by atoms with Crippen LogP contribution in [0.5, 0.6) is 5.75 Å². The molecule has 1 fully saturated rings. The summed E-state index contributed by atoms with van der Waals surface area (Å²) >= 11 is 0. The van der Waals surface area contributed by atoms with E-state index < -0.39 is 0 Å². The molecule has 4 rings (SSSR count). The molecule has 2 N–H and O–H groups in total. The summed E-state index contributed by atoms with van der Waals surface area (Å²) in [5.41, 5.74) is 11.9. The molecular formula is C24H29NO. The van der Waals surface area contributed by atoms with Gasteiger partial charge in [0.2, 0.25) is 0 Å². The SMILES string of the molecule is COc1cccc(/C=C/C2CCc3cc(C4CCC(N)C4)ccc3C2)c1. The molecule has 0 heterocycles. The summed E-state index contributed by atoms with van der Waals surface area (Å²) in [5.74, 6) is 2.22. The Morgan fingerprint density at radius 1 is 1.04 bits per heavy atom. The number of rotatable bonds is 4. The van der Waals surface area contributed by atoms with Crippen molar-refractivity contribution in [3.05, 3.63) is 70.8 Å². The van der Waals surface area contributed by atoms with Crippen molar-refractivity contribution in [1.82, 2.24) is 0 Å². The summed E-state index contributed by atoms with van der Waals surface area (Å²) in [6.45, 7) is 0. The van der Waals surface area contributed by atoms with E-state index in [2.05, 4.69) is 42.5 Å². The summed E-state index contributed by atoms with van der Waals surface area (Å²) in [7, 11) is 1.72. The molecule has 0 amide bonds.